The van der Waals surface area contributed by atoms with Crippen molar-refractivity contribution in [1.29, 1.82) is 0 Å². The van der Waals surface area contributed by atoms with E-state index >= 15 is 0 Å². The molecule has 2 N–H and O–H groups in total. The van der Waals surface area contributed by atoms with Crippen LogP contribution in [0.5, 0.6) is 0 Å². The second-order valence-electron chi connectivity index (χ2n) is 5.59. The highest BCUT2D eigenvalue weighted by Gasteiger charge is 2.23. The SMILES string of the molecule is CC(C)CC(N)c1nnc2n1N=C(c1ccccc1)CS2. The standard InChI is InChI=1S/C15H19N5S/c1-10(2)8-12(16)14-17-18-15-20(14)19-13(9-21-15)11-6-4-3-5-7-11/h3-7,10,12H,8-9,16H2,1-2H3. The highest BCUT2D eigenvalue weighted by atomic mass is 32.2. The van der Waals surface area contributed by atoms with E-state index in [1.165, 1.54) is 0 Å². The zero-order valence-electron chi connectivity index (χ0n) is 12.2. The van der Waals surface area contributed by atoms with Gasteiger partial charge < -0.3 is 5.73 Å². The van der Waals surface area contributed by atoms with Gasteiger partial charge >= 0.3 is 0 Å². The molecule has 0 bridgehead atoms. The average molecular weight is 301 g/mol. The topological polar surface area (TPSA) is 69.1 Å². The molecule has 21 heavy (non-hydrogen) atoms. The smallest absolute Gasteiger partial charge is 0.212 e. The minimum Gasteiger partial charge on any atom is -0.321 e. The van der Waals surface area contributed by atoms with Gasteiger partial charge in [0.05, 0.1) is 11.8 Å². The molecule has 1 unspecified atom stereocenters. The van der Waals surface area contributed by atoms with Gasteiger partial charge in [0.1, 0.15) is 0 Å². The predicted molar refractivity (Wildman–Crippen MR) is 85.5 cm³/mol. The van der Waals surface area contributed by atoms with E-state index in [1.54, 1.807) is 11.8 Å². The molecule has 1 atom stereocenters. The Morgan fingerprint density at radius 3 is 2.71 bits per heavy atom. The van der Waals surface area contributed by atoms with E-state index in [4.69, 9.17) is 10.8 Å². The lowest BCUT2D eigenvalue weighted by molar-refractivity contribution is 0.478. The summed E-state index contributed by atoms with van der Waals surface area (Å²) in [5.41, 5.74) is 8.41. The van der Waals surface area contributed by atoms with Gasteiger partial charge in [-0.3, -0.25) is 0 Å². The van der Waals surface area contributed by atoms with Crippen LogP contribution in [-0.2, 0) is 0 Å². The van der Waals surface area contributed by atoms with Crippen molar-refractivity contribution in [1.82, 2.24) is 14.9 Å². The first-order chi connectivity index (χ1) is 10.1. The lowest BCUT2D eigenvalue weighted by Gasteiger charge is -2.17. The Morgan fingerprint density at radius 1 is 1.24 bits per heavy atom. The third-order valence-corrected chi connectivity index (χ3v) is 4.29. The van der Waals surface area contributed by atoms with Gasteiger partial charge in [0.2, 0.25) is 5.16 Å². The van der Waals surface area contributed by atoms with Crippen LogP contribution < -0.4 is 5.73 Å². The van der Waals surface area contributed by atoms with Crippen LogP contribution in [0.2, 0.25) is 0 Å². The quantitative estimate of drug-likeness (QED) is 0.942. The zero-order valence-corrected chi connectivity index (χ0v) is 13.0. The maximum Gasteiger partial charge on any atom is 0.212 e. The number of fused-ring (bicyclic) bond motifs is 1. The van der Waals surface area contributed by atoms with E-state index in [2.05, 4.69) is 36.2 Å². The maximum absolute atomic E-state index is 6.25. The second-order valence-corrected chi connectivity index (χ2v) is 6.53. The van der Waals surface area contributed by atoms with Crippen molar-refractivity contribution in [3.63, 3.8) is 0 Å². The maximum atomic E-state index is 6.25. The molecule has 110 valence electrons. The van der Waals surface area contributed by atoms with Crippen molar-refractivity contribution in [2.45, 2.75) is 31.5 Å². The summed E-state index contributed by atoms with van der Waals surface area (Å²) in [5, 5.41) is 14.0. The summed E-state index contributed by atoms with van der Waals surface area (Å²) < 4.78 is 1.81. The van der Waals surface area contributed by atoms with Crippen LogP contribution in [0.4, 0.5) is 0 Å². The number of aromatic nitrogens is 3. The summed E-state index contributed by atoms with van der Waals surface area (Å²) in [6, 6.07) is 10.1. The number of benzene rings is 1. The molecule has 5 nitrogen and oxygen atoms in total. The third-order valence-electron chi connectivity index (χ3n) is 3.36. The van der Waals surface area contributed by atoms with Gasteiger partial charge in [-0.15, -0.1) is 10.2 Å². The fourth-order valence-corrected chi connectivity index (χ4v) is 3.20. The molecule has 1 aromatic heterocycles. The zero-order chi connectivity index (χ0) is 14.8. The molecule has 0 radical (unpaired) electrons. The van der Waals surface area contributed by atoms with Crippen LogP contribution >= 0.6 is 11.8 Å². The third kappa shape index (κ3) is 3.01. The minimum absolute atomic E-state index is 0.134. The summed E-state index contributed by atoms with van der Waals surface area (Å²) in [7, 11) is 0. The van der Waals surface area contributed by atoms with Gasteiger partial charge in [-0.2, -0.15) is 9.78 Å². The van der Waals surface area contributed by atoms with Gasteiger partial charge in [0, 0.05) is 5.75 Å². The molecule has 0 amide bonds. The Morgan fingerprint density at radius 2 is 2.00 bits per heavy atom. The molecule has 0 fully saturated rings. The van der Waals surface area contributed by atoms with Crippen molar-refractivity contribution in [2.24, 2.45) is 16.8 Å². The Bertz CT molecular complexity index is 647. The summed E-state index contributed by atoms with van der Waals surface area (Å²) in [6.45, 7) is 4.31. The van der Waals surface area contributed by atoms with Crippen LogP contribution in [0.15, 0.2) is 40.6 Å². The fraction of sp³-hybridized carbons (Fsp3) is 0.400. The van der Waals surface area contributed by atoms with Crippen LogP contribution in [0.25, 0.3) is 0 Å². The van der Waals surface area contributed by atoms with Crippen molar-refractivity contribution in [3.8, 4) is 0 Å². The molecule has 6 heteroatoms. The molecular formula is C15H19N5S. The normalized spacial score (nSPS) is 15.7. The van der Waals surface area contributed by atoms with E-state index in [0.29, 0.717) is 5.92 Å². The first-order valence-electron chi connectivity index (χ1n) is 7.12. The highest BCUT2D eigenvalue weighted by molar-refractivity contribution is 7.99. The van der Waals surface area contributed by atoms with Gasteiger partial charge in [0.15, 0.2) is 5.82 Å². The summed E-state index contributed by atoms with van der Waals surface area (Å²) in [5.74, 6) is 2.07. The van der Waals surface area contributed by atoms with Crippen molar-refractivity contribution >= 4 is 17.5 Å². The molecule has 2 aromatic rings. The number of rotatable bonds is 4. The van der Waals surface area contributed by atoms with Crippen molar-refractivity contribution < 1.29 is 0 Å². The molecule has 1 aliphatic heterocycles. The molecule has 1 aliphatic rings. The van der Waals surface area contributed by atoms with Gasteiger partial charge in [-0.05, 0) is 17.9 Å². The lowest BCUT2D eigenvalue weighted by Crippen LogP contribution is -2.20. The number of hydrogen-bond acceptors (Lipinski definition) is 5. The Labute approximate surface area is 128 Å². The minimum atomic E-state index is -0.134. The molecule has 0 saturated heterocycles. The molecular weight excluding hydrogens is 282 g/mol. The largest absolute Gasteiger partial charge is 0.321 e. The first kappa shape index (κ1) is 14.3. The number of thioether (sulfide) groups is 1. The monoisotopic (exact) mass is 301 g/mol. The van der Waals surface area contributed by atoms with Crippen LogP contribution in [0.3, 0.4) is 0 Å². The van der Waals surface area contributed by atoms with Crippen molar-refractivity contribution in [3.05, 3.63) is 41.7 Å². The summed E-state index contributed by atoms with van der Waals surface area (Å²) >= 11 is 1.65. The molecule has 0 saturated carbocycles. The average Bonchev–Trinajstić information content (AvgIpc) is 2.90. The van der Waals surface area contributed by atoms with Crippen LogP contribution in [-0.4, -0.2) is 26.3 Å². The number of nitrogens with zero attached hydrogens (tertiary/aromatic N) is 4. The van der Waals surface area contributed by atoms with E-state index < -0.39 is 0 Å². The molecule has 0 aliphatic carbocycles. The Hall–Kier alpha value is -1.66. The molecule has 3 rings (SSSR count). The van der Waals surface area contributed by atoms with Crippen molar-refractivity contribution in [2.75, 3.05) is 5.75 Å². The Kier molecular flexibility index (Phi) is 4.07. The molecule has 2 heterocycles. The fourth-order valence-electron chi connectivity index (χ4n) is 2.36. The Balaban J connectivity index is 1.94. The second kappa shape index (κ2) is 5.99. The highest BCUT2D eigenvalue weighted by Crippen LogP contribution is 2.27. The summed E-state index contributed by atoms with van der Waals surface area (Å²) in [6.07, 6.45) is 0.874. The van der Waals surface area contributed by atoms with E-state index in [1.807, 2.05) is 22.9 Å². The molecule has 0 spiro atoms. The lowest BCUT2D eigenvalue weighted by atomic mass is 10.0. The van der Waals surface area contributed by atoms with E-state index in [-0.39, 0.29) is 6.04 Å². The van der Waals surface area contributed by atoms with Gasteiger partial charge in [0.25, 0.3) is 0 Å². The van der Waals surface area contributed by atoms with Gasteiger partial charge in [-0.25, -0.2) is 0 Å². The molecule has 1 aromatic carbocycles. The van der Waals surface area contributed by atoms with E-state index in [0.717, 1.165) is 34.4 Å². The number of hydrogen-bond donors (Lipinski definition) is 1. The van der Waals surface area contributed by atoms with Crippen LogP contribution in [0.1, 0.15) is 37.7 Å². The van der Waals surface area contributed by atoms with Gasteiger partial charge in [-0.1, -0.05) is 55.9 Å². The summed E-state index contributed by atoms with van der Waals surface area (Å²) in [4.78, 5) is 0. The van der Waals surface area contributed by atoms with E-state index in [9.17, 15) is 0 Å². The van der Waals surface area contributed by atoms with Crippen LogP contribution in [0, 0.1) is 5.92 Å². The first-order valence-corrected chi connectivity index (χ1v) is 8.10. The number of nitrogens with two attached hydrogens (primary N) is 1. The predicted octanol–water partition coefficient (Wildman–Crippen LogP) is 2.68.